The molecule has 0 atom stereocenters. The summed E-state index contributed by atoms with van der Waals surface area (Å²) in [6, 6.07) is 5.60. The Morgan fingerprint density at radius 3 is 1.94 bits per heavy atom. The van der Waals surface area contributed by atoms with Gasteiger partial charge < -0.3 is 19.5 Å². The molecule has 0 spiro atoms. The number of nitrogens with zero attached hydrogens (tertiary/aromatic N) is 2. The average Bonchev–Trinajstić information content (AvgIpc) is 2.65. The Balaban J connectivity index is 2.62. The fourth-order valence-corrected chi connectivity index (χ4v) is 3.64. The van der Waals surface area contributed by atoms with Crippen LogP contribution in [0.25, 0.3) is 0 Å². The number of hydrogen-bond donors (Lipinski definition) is 1. The molecule has 0 fully saturated rings. The van der Waals surface area contributed by atoms with Crippen LogP contribution < -0.4 is 15.0 Å². The van der Waals surface area contributed by atoms with Gasteiger partial charge in [-0.05, 0) is 102 Å². The lowest BCUT2D eigenvalue weighted by Crippen LogP contribution is -2.44. The first kappa shape index (κ1) is 27.4. The van der Waals surface area contributed by atoms with E-state index in [1.165, 1.54) is 0 Å². The van der Waals surface area contributed by atoms with Gasteiger partial charge in [-0.1, -0.05) is 6.07 Å². The van der Waals surface area contributed by atoms with Gasteiger partial charge in [0.2, 0.25) is 0 Å². The predicted molar refractivity (Wildman–Crippen MR) is 137 cm³/mol. The van der Waals surface area contributed by atoms with Crippen molar-refractivity contribution in [2.45, 2.75) is 73.5 Å². The molecule has 0 aliphatic heterocycles. The summed E-state index contributed by atoms with van der Waals surface area (Å²) in [5.41, 5.74) is 1.61. The number of hydrogen-bond acceptors (Lipinski definition) is 7. The van der Waals surface area contributed by atoms with E-state index in [9.17, 15) is 9.59 Å². The number of imide groups is 1. The number of nitrogens with one attached hydrogen (secondary N) is 1. The van der Waals surface area contributed by atoms with Crippen molar-refractivity contribution in [2.75, 3.05) is 17.3 Å². The van der Waals surface area contributed by atoms with E-state index in [1.807, 2.05) is 26.0 Å². The molecule has 0 unspecified atom stereocenters. The molecular formula is C25H34BrN3O5. The van der Waals surface area contributed by atoms with Crippen LogP contribution in [0.1, 0.15) is 58.2 Å². The largest absolute Gasteiger partial charge is 0.496 e. The Labute approximate surface area is 210 Å². The number of aromatic nitrogens is 1. The van der Waals surface area contributed by atoms with Crippen molar-refractivity contribution in [1.82, 2.24) is 4.98 Å². The van der Waals surface area contributed by atoms with Crippen LogP contribution in [0.3, 0.4) is 0 Å². The summed E-state index contributed by atoms with van der Waals surface area (Å²) in [6.07, 6.45) is -1.75. The van der Waals surface area contributed by atoms with Crippen molar-refractivity contribution < 1.29 is 23.8 Å². The number of methoxy groups -OCH3 is 1. The van der Waals surface area contributed by atoms with E-state index >= 15 is 0 Å². The van der Waals surface area contributed by atoms with E-state index in [1.54, 1.807) is 61.6 Å². The second-order valence-electron chi connectivity index (χ2n) is 9.97. The van der Waals surface area contributed by atoms with E-state index in [0.717, 1.165) is 27.5 Å². The third-order valence-electron chi connectivity index (χ3n) is 4.59. The smallest absolute Gasteiger partial charge is 0.425 e. The summed E-state index contributed by atoms with van der Waals surface area (Å²) in [4.78, 5) is 31.7. The molecule has 1 N–H and O–H groups in total. The molecule has 0 saturated carbocycles. The first-order valence-electron chi connectivity index (χ1n) is 10.9. The molecule has 1 aromatic heterocycles. The molecule has 2 rings (SSSR count). The van der Waals surface area contributed by atoms with E-state index < -0.39 is 23.4 Å². The molecule has 1 aromatic carbocycles. The molecule has 1 heterocycles. The van der Waals surface area contributed by atoms with Crippen LogP contribution in [0.2, 0.25) is 0 Å². The molecule has 9 heteroatoms. The number of pyridine rings is 1. The van der Waals surface area contributed by atoms with Gasteiger partial charge in [0, 0.05) is 11.3 Å². The second kappa shape index (κ2) is 10.2. The average molecular weight is 536 g/mol. The summed E-state index contributed by atoms with van der Waals surface area (Å²) in [5, 5.41) is 3.31. The van der Waals surface area contributed by atoms with Crippen molar-refractivity contribution in [3.8, 4) is 5.75 Å². The molecule has 0 radical (unpaired) electrons. The monoisotopic (exact) mass is 535 g/mol. The van der Waals surface area contributed by atoms with E-state index in [4.69, 9.17) is 14.2 Å². The minimum atomic E-state index is -0.876. The number of rotatable bonds is 4. The Morgan fingerprint density at radius 2 is 1.47 bits per heavy atom. The molecule has 0 bridgehead atoms. The second-order valence-corrected chi connectivity index (χ2v) is 10.8. The molecule has 0 saturated heterocycles. The first-order chi connectivity index (χ1) is 15.5. The lowest BCUT2D eigenvalue weighted by molar-refractivity contribution is 0.0428. The van der Waals surface area contributed by atoms with Gasteiger partial charge in [-0.15, -0.1) is 0 Å². The molecule has 186 valence electrons. The zero-order valence-electron chi connectivity index (χ0n) is 21.5. The van der Waals surface area contributed by atoms with Crippen molar-refractivity contribution in [3.05, 3.63) is 39.4 Å². The fraction of sp³-hybridized carbons (Fsp3) is 0.480. The number of ether oxygens (including phenoxy) is 3. The molecule has 8 nitrogen and oxygen atoms in total. The first-order valence-corrected chi connectivity index (χ1v) is 11.7. The maximum Gasteiger partial charge on any atom is 0.425 e. The lowest BCUT2D eigenvalue weighted by atomic mass is 10.1. The molecule has 0 aliphatic rings. The number of carbonyl (C=O) groups excluding carboxylic acids is 2. The highest BCUT2D eigenvalue weighted by Gasteiger charge is 2.35. The Kier molecular flexibility index (Phi) is 8.24. The number of anilines is 3. The van der Waals surface area contributed by atoms with Crippen LogP contribution in [-0.4, -0.2) is 35.5 Å². The zero-order chi connectivity index (χ0) is 26.0. The van der Waals surface area contributed by atoms with Gasteiger partial charge in [0.15, 0.2) is 5.82 Å². The van der Waals surface area contributed by atoms with Crippen LogP contribution in [-0.2, 0) is 9.47 Å². The highest BCUT2D eigenvalue weighted by atomic mass is 79.9. The Bertz CT molecular complexity index is 1060. The van der Waals surface area contributed by atoms with Crippen LogP contribution in [0.15, 0.2) is 22.7 Å². The lowest BCUT2D eigenvalue weighted by Gasteiger charge is -2.29. The summed E-state index contributed by atoms with van der Waals surface area (Å²) in [7, 11) is 1.61. The number of benzene rings is 1. The summed E-state index contributed by atoms with van der Waals surface area (Å²) < 4.78 is 17.1. The topological polar surface area (TPSA) is 90.0 Å². The van der Waals surface area contributed by atoms with Gasteiger partial charge in [0.05, 0.1) is 11.6 Å². The highest BCUT2D eigenvalue weighted by molar-refractivity contribution is 9.10. The van der Waals surface area contributed by atoms with E-state index in [-0.39, 0.29) is 5.82 Å². The van der Waals surface area contributed by atoms with E-state index in [2.05, 4.69) is 26.2 Å². The van der Waals surface area contributed by atoms with Crippen LogP contribution in [0.5, 0.6) is 5.75 Å². The van der Waals surface area contributed by atoms with Gasteiger partial charge >= 0.3 is 12.2 Å². The minimum Gasteiger partial charge on any atom is -0.496 e. The van der Waals surface area contributed by atoms with Crippen LogP contribution >= 0.6 is 15.9 Å². The van der Waals surface area contributed by atoms with Gasteiger partial charge in [-0.3, -0.25) is 0 Å². The fourth-order valence-electron chi connectivity index (χ4n) is 3.11. The molecule has 0 aliphatic carbocycles. The minimum absolute atomic E-state index is 0.104. The maximum absolute atomic E-state index is 13.1. The third kappa shape index (κ3) is 6.85. The summed E-state index contributed by atoms with van der Waals surface area (Å²) >= 11 is 3.54. The number of amides is 2. The SMILES string of the molecule is COc1ccc(C)c(Nc2nc(N(C(=O)OC(C)(C)C)C(=O)OC(C)(C)C)c(C)cc2Br)c1C. The highest BCUT2D eigenvalue weighted by Crippen LogP contribution is 2.35. The number of carbonyl (C=O) groups is 2. The predicted octanol–water partition coefficient (Wildman–Crippen LogP) is 7.20. The van der Waals surface area contributed by atoms with Crippen molar-refractivity contribution >= 4 is 45.4 Å². The van der Waals surface area contributed by atoms with Crippen LogP contribution in [0.4, 0.5) is 26.9 Å². The van der Waals surface area contributed by atoms with Crippen molar-refractivity contribution in [3.63, 3.8) is 0 Å². The van der Waals surface area contributed by atoms with Crippen LogP contribution in [0, 0.1) is 20.8 Å². The molecular weight excluding hydrogens is 502 g/mol. The normalized spacial score (nSPS) is 11.6. The quantitative estimate of drug-likeness (QED) is 0.442. The number of halogens is 1. The maximum atomic E-state index is 13.1. The Hall–Kier alpha value is -2.81. The third-order valence-corrected chi connectivity index (χ3v) is 5.20. The molecule has 34 heavy (non-hydrogen) atoms. The van der Waals surface area contributed by atoms with Gasteiger partial charge in [-0.25, -0.2) is 14.6 Å². The van der Waals surface area contributed by atoms with Gasteiger partial charge in [0.1, 0.15) is 22.8 Å². The standard InChI is InChI=1S/C25H34BrN3O5/c1-14-11-12-18(32-10)16(3)19(14)27-20-17(26)13-15(2)21(28-20)29(22(30)33-24(4,5)6)23(31)34-25(7,8)9/h11-13H,1-10H3,(H,27,28). The zero-order valence-corrected chi connectivity index (χ0v) is 23.1. The summed E-state index contributed by atoms with van der Waals surface area (Å²) in [5.74, 6) is 1.24. The van der Waals surface area contributed by atoms with E-state index in [0.29, 0.717) is 15.9 Å². The number of aryl methyl sites for hydroxylation is 2. The van der Waals surface area contributed by atoms with Gasteiger partial charge in [-0.2, -0.15) is 4.90 Å². The van der Waals surface area contributed by atoms with Crippen molar-refractivity contribution in [1.29, 1.82) is 0 Å². The summed E-state index contributed by atoms with van der Waals surface area (Å²) in [6.45, 7) is 16.0. The Morgan fingerprint density at radius 1 is 0.941 bits per heavy atom. The molecule has 2 amide bonds. The van der Waals surface area contributed by atoms with Crippen molar-refractivity contribution in [2.24, 2.45) is 0 Å². The molecule has 2 aromatic rings. The van der Waals surface area contributed by atoms with Gasteiger partial charge in [0.25, 0.3) is 0 Å².